The smallest absolute Gasteiger partial charge is 0.335 e. The number of carbonyl (C=O) groups excluding carboxylic acids is 2. The first-order valence-corrected chi connectivity index (χ1v) is 15.9. The van der Waals surface area contributed by atoms with E-state index in [0.29, 0.717) is 18.4 Å². The second-order valence-electron chi connectivity index (χ2n) is 14.4. The summed E-state index contributed by atoms with van der Waals surface area (Å²) in [6.45, 7) is 6.42. The molecule has 4 aliphatic carbocycles. The molecule has 0 aromatic carbocycles. The Morgan fingerprint density at radius 3 is 2.46 bits per heavy atom. The Balaban J connectivity index is 1.30. The molecule has 4 N–H and O–H groups in total. The second-order valence-corrected chi connectivity index (χ2v) is 14.4. The molecule has 2 aliphatic heterocycles. The van der Waals surface area contributed by atoms with Crippen LogP contribution in [-0.2, 0) is 33.3 Å². The van der Waals surface area contributed by atoms with Crippen molar-refractivity contribution in [2.75, 3.05) is 7.11 Å². The Hall–Kier alpha value is -2.49. The van der Waals surface area contributed by atoms with Gasteiger partial charge in [0.15, 0.2) is 18.2 Å². The molecule has 6 aliphatic rings. The van der Waals surface area contributed by atoms with E-state index in [1.165, 1.54) is 32.4 Å². The molecular weight excluding hydrogens is 604 g/mol. The predicted octanol–water partition coefficient (Wildman–Crippen LogP) is 0.696. The van der Waals surface area contributed by atoms with Gasteiger partial charge in [0.2, 0.25) is 5.79 Å². The molecule has 1 aromatic heterocycles. The third-order valence-electron chi connectivity index (χ3n) is 12.3. The molecule has 3 saturated carbocycles. The molecular formula is C33H42O13. The number of esters is 1. The number of ether oxygens (including phenoxy) is 5. The van der Waals surface area contributed by atoms with Gasteiger partial charge >= 0.3 is 11.6 Å². The van der Waals surface area contributed by atoms with Gasteiger partial charge in [0, 0.05) is 38.4 Å². The van der Waals surface area contributed by atoms with E-state index in [4.69, 9.17) is 28.1 Å². The number of Topliss-reactive ketones (excluding diaryl/α,β-unsaturated/α-hetero) is 1. The van der Waals surface area contributed by atoms with Crippen LogP contribution in [-0.4, -0.2) is 99.7 Å². The van der Waals surface area contributed by atoms with E-state index in [9.17, 15) is 34.8 Å². The van der Waals surface area contributed by atoms with Crippen LogP contribution in [0, 0.1) is 22.7 Å². The highest BCUT2D eigenvalue weighted by molar-refractivity contribution is 5.93. The van der Waals surface area contributed by atoms with Gasteiger partial charge < -0.3 is 48.5 Å². The number of aliphatic hydroxyl groups is 4. The second kappa shape index (κ2) is 10.5. The number of hydrogen-bond acceptors (Lipinski definition) is 13. The molecule has 1 unspecified atom stereocenters. The Morgan fingerprint density at radius 2 is 1.80 bits per heavy atom. The van der Waals surface area contributed by atoms with Crippen molar-refractivity contribution in [3.05, 3.63) is 46.0 Å². The fraction of sp³-hybridized carbons (Fsp3) is 0.727. The van der Waals surface area contributed by atoms with Gasteiger partial charge in [0.1, 0.15) is 24.4 Å². The van der Waals surface area contributed by atoms with E-state index < -0.39 is 106 Å². The summed E-state index contributed by atoms with van der Waals surface area (Å²) in [5.74, 6) is -5.30. The molecule has 252 valence electrons. The molecule has 13 nitrogen and oxygen atoms in total. The fourth-order valence-electron chi connectivity index (χ4n) is 10.2. The molecule has 7 rings (SSSR count). The summed E-state index contributed by atoms with van der Waals surface area (Å²) in [5.41, 5.74) is -3.46. The minimum Gasteiger partial charge on any atom is -0.462 e. The monoisotopic (exact) mass is 646 g/mol. The van der Waals surface area contributed by atoms with E-state index in [-0.39, 0.29) is 12.8 Å². The van der Waals surface area contributed by atoms with Gasteiger partial charge in [-0.05, 0) is 56.1 Å². The maximum Gasteiger partial charge on any atom is 0.335 e. The number of allylic oxidation sites excluding steroid dienone is 1. The normalized spacial score (nSPS) is 51.1. The van der Waals surface area contributed by atoms with Crippen molar-refractivity contribution < 1.29 is 58.1 Å². The number of rotatable bonds is 3. The lowest BCUT2D eigenvalue weighted by atomic mass is 9.43. The molecule has 0 radical (unpaired) electrons. The van der Waals surface area contributed by atoms with Crippen LogP contribution < -0.4 is 5.63 Å². The van der Waals surface area contributed by atoms with Crippen molar-refractivity contribution in [2.45, 2.75) is 120 Å². The number of fused-ring (bicyclic) bond motifs is 8. The minimum absolute atomic E-state index is 0.0601. The number of carbonyl (C=O) groups is 2. The van der Waals surface area contributed by atoms with E-state index in [1.807, 2.05) is 13.0 Å². The Morgan fingerprint density at radius 1 is 1.07 bits per heavy atom. The average molecular weight is 647 g/mol. The third-order valence-corrected chi connectivity index (χ3v) is 12.3. The molecule has 5 fully saturated rings. The van der Waals surface area contributed by atoms with Gasteiger partial charge in [-0.1, -0.05) is 18.6 Å². The van der Waals surface area contributed by atoms with Gasteiger partial charge in [0.25, 0.3) is 0 Å². The van der Waals surface area contributed by atoms with Gasteiger partial charge in [0.05, 0.1) is 29.5 Å². The van der Waals surface area contributed by atoms with Crippen LogP contribution in [0.15, 0.2) is 39.3 Å². The van der Waals surface area contributed by atoms with Crippen LogP contribution in [0.1, 0.15) is 64.9 Å². The number of ketones is 1. The van der Waals surface area contributed by atoms with Crippen LogP contribution in [0.25, 0.3) is 0 Å². The quantitative estimate of drug-likeness (QED) is 0.265. The molecule has 3 heterocycles. The summed E-state index contributed by atoms with van der Waals surface area (Å²) < 4.78 is 35.0. The Labute approximate surface area is 265 Å². The summed E-state index contributed by atoms with van der Waals surface area (Å²) in [7, 11) is 1.33. The maximum absolute atomic E-state index is 14.6. The molecule has 13 heteroatoms. The molecule has 0 amide bonds. The van der Waals surface area contributed by atoms with E-state index in [0.717, 1.165) is 5.57 Å². The van der Waals surface area contributed by atoms with E-state index in [2.05, 4.69) is 0 Å². The minimum atomic E-state index is -1.85. The molecule has 46 heavy (non-hydrogen) atoms. The van der Waals surface area contributed by atoms with Crippen molar-refractivity contribution in [1.82, 2.24) is 0 Å². The van der Waals surface area contributed by atoms with Gasteiger partial charge in [-0.25, -0.2) is 4.79 Å². The first-order chi connectivity index (χ1) is 21.6. The topological polar surface area (TPSA) is 191 Å². The predicted molar refractivity (Wildman–Crippen MR) is 155 cm³/mol. The van der Waals surface area contributed by atoms with Crippen molar-refractivity contribution in [1.29, 1.82) is 0 Å². The van der Waals surface area contributed by atoms with Crippen LogP contribution in [0.4, 0.5) is 0 Å². The van der Waals surface area contributed by atoms with Crippen LogP contribution in [0.3, 0.4) is 0 Å². The SMILES string of the molecule is CO[C@]12O[C@@H]3CC4(C)C(=C[C@H]3O[C@H](O[C@@H](C)[C@H]1O)[C@@H]2O)CC[C@@H]1[C@@H]4[C@H](O)C(=O)[C@]2(C)[C@@H](c3ccc(=O)oc3)[C@@H](OC(C)=O)C[C@]12O. The van der Waals surface area contributed by atoms with Gasteiger partial charge in [-0.2, -0.15) is 0 Å². The van der Waals surface area contributed by atoms with Gasteiger partial charge in [-0.15, -0.1) is 0 Å². The highest BCUT2D eigenvalue weighted by Gasteiger charge is 2.76. The zero-order valence-corrected chi connectivity index (χ0v) is 26.5. The lowest BCUT2D eigenvalue weighted by Gasteiger charge is -2.62. The highest BCUT2D eigenvalue weighted by Crippen LogP contribution is 2.69. The third kappa shape index (κ3) is 4.06. The summed E-state index contributed by atoms with van der Waals surface area (Å²) in [6.07, 6.45) is -4.43. The Bertz CT molecular complexity index is 1500. The van der Waals surface area contributed by atoms with E-state index >= 15 is 0 Å². The number of hydrogen-bond donors (Lipinski definition) is 4. The van der Waals surface area contributed by atoms with Crippen molar-refractivity contribution >= 4 is 11.8 Å². The van der Waals surface area contributed by atoms with Crippen LogP contribution in [0.2, 0.25) is 0 Å². The van der Waals surface area contributed by atoms with Crippen molar-refractivity contribution in [3.8, 4) is 0 Å². The van der Waals surface area contributed by atoms with Crippen molar-refractivity contribution in [3.63, 3.8) is 0 Å². The zero-order valence-electron chi connectivity index (χ0n) is 26.5. The van der Waals surface area contributed by atoms with Crippen LogP contribution in [0.5, 0.6) is 0 Å². The van der Waals surface area contributed by atoms with Gasteiger partial charge in [-0.3, -0.25) is 9.59 Å². The van der Waals surface area contributed by atoms with Crippen molar-refractivity contribution in [2.24, 2.45) is 22.7 Å². The first kappa shape index (κ1) is 32.1. The molecule has 15 atom stereocenters. The Kier molecular flexibility index (Phi) is 7.32. The highest BCUT2D eigenvalue weighted by atomic mass is 16.8. The molecule has 2 bridgehead atoms. The molecule has 0 spiro atoms. The summed E-state index contributed by atoms with van der Waals surface area (Å²) in [4.78, 5) is 38.6. The molecule has 2 saturated heterocycles. The summed E-state index contributed by atoms with van der Waals surface area (Å²) >= 11 is 0. The van der Waals surface area contributed by atoms with Crippen LogP contribution >= 0.6 is 0 Å². The number of methoxy groups -OCH3 is 1. The summed E-state index contributed by atoms with van der Waals surface area (Å²) in [6, 6.07) is 2.71. The standard InChI is InChI=1S/C33H42O13/c1-14-26(37)33(41-5)28(39)29(43-14)45-19-10-17-7-8-18-24(30(17,3)11-20(19)46-33)25(36)27(38)31(4)23(16-6-9-22(35)42-13-16)21(44-15(2)34)12-32(18,31)40/h6,9-10,13-14,18-21,23-26,28-29,36-37,39-40H,7-8,11-12H2,1-5H3/t14-,18+,19+,20+,21-,23-,24+,25-,26+,28-,29-,30?,31-,32-,33-/m0/s1. The summed E-state index contributed by atoms with van der Waals surface area (Å²) in [5, 5.41) is 47.1. The lowest BCUT2D eigenvalue weighted by Crippen LogP contribution is -2.70. The molecule has 1 aromatic rings. The fourth-order valence-corrected chi connectivity index (χ4v) is 10.2. The maximum atomic E-state index is 14.6. The van der Waals surface area contributed by atoms with E-state index in [1.54, 1.807) is 13.8 Å². The lowest BCUT2D eigenvalue weighted by molar-refractivity contribution is -0.388. The average Bonchev–Trinajstić information content (AvgIpc) is 3.18. The first-order valence-electron chi connectivity index (χ1n) is 15.9. The largest absolute Gasteiger partial charge is 0.462 e. The zero-order chi connectivity index (χ0) is 33.1. The number of aliphatic hydroxyl groups excluding tert-OH is 3.